The molecule has 0 aliphatic heterocycles. The molecule has 0 aliphatic carbocycles. The van der Waals surface area contributed by atoms with E-state index in [4.69, 9.17) is 5.73 Å². The van der Waals surface area contributed by atoms with Crippen LogP contribution in [0.25, 0.3) is 0 Å². The standard InChI is InChI=1S/C11H18N2OS/c1-8(2)10(12)11(14)13(3)6-9-4-5-15-7-9/h4-5,7-8,10H,6,12H2,1-3H3. The first-order valence-corrected chi connectivity index (χ1v) is 5.98. The fourth-order valence-electron chi connectivity index (χ4n) is 1.27. The van der Waals surface area contributed by atoms with Gasteiger partial charge in [0.05, 0.1) is 6.04 Å². The molecule has 2 N–H and O–H groups in total. The third-order valence-corrected chi connectivity index (χ3v) is 3.11. The first kappa shape index (κ1) is 12.2. The zero-order valence-corrected chi connectivity index (χ0v) is 10.3. The third-order valence-electron chi connectivity index (χ3n) is 2.38. The van der Waals surface area contributed by atoms with E-state index in [-0.39, 0.29) is 11.8 Å². The number of thiophene rings is 1. The van der Waals surface area contributed by atoms with E-state index in [0.717, 1.165) is 5.56 Å². The topological polar surface area (TPSA) is 46.3 Å². The van der Waals surface area contributed by atoms with Gasteiger partial charge < -0.3 is 10.6 Å². The molecule has 1 rings (SSSR count). The van der Waals surface area contributed by atoms with Crippen molar-refractivity contribution >= 4 is 17.2 Å². The molecule has 0 radical (unpaired) electrons. The van der Waals surface area contributed by atoms with Crippen LogP contribution in [0.3, 0.4) is 0 Å². The predicted molar refractivity (Wildman–Crippen MR) is 63.6 cm³/mol. The Hall–Kier alpha value is -0.870. The van der Waals surface area contributed by atoms with Gasteiger partial charge in [0, 0.05) is 13.6 Å². The van der Waals surface area contributed by atoms with Crippen LogP contribution in [0, 0.1) is 5.92 Å². The van der Waals surface area contributed by atoms with Crippen LogP contribution in [0.4, 0.5) is 0 Å². The van der Waals surface area contributed by atoms with Gasteiger partial charge in [0.1, 0.15) is 0 Å². The Labute approximate surface area is 94.9 Å². The minimum absolute atomic E-state index is 0.0104. The lowest BCUT2D eigenvalue weighted by molar-refractivity contribution is -0.132. The van der Waals surface area contributed by atoms with Crippen molar-refractivity contribution in [3.63, 3.8) is 0 Å². The second-order valence-electron chi connectivity index (χ2n) is 4.10. The van der Waals surface area contributed by atoms with Gasteiger partial charge in [-0.15, -0.1) is 0 Å². The zero-order chi connectivity index (χ0) is 11.4. The Morgan fingerprint density at radius 3 is 2.73 bits per heavy atom. The lowest BCUT2D eigenvalue weighted by Gasteiger charge is -2.23. The third kappa shape index (κ3) is 3.32. The molecule has 0 bridgehead atoms. The lowest BCUT2D eigenvalue weighted by atomic mass is 10.0. The van der Waals surface area contributed by atoms with Gasteiger partial charge in [-0.2, -0.15) is 11.3 Å². The molecule has 4 heteroatoms. The maximum Gasteiger partial charge on any atom is 0.239 e. The fraction of sp³-hybridized carbons (Fsp3) is 0.545. The van der Waals surface area contributed by atoms with Gasteiger partial charge in [-0.05, 0) is 28.3 Å². The molecular formula is C11H18N2OS. The Balaban J connectivity index is 2.54. The number of hydrogen-bond donors (Lipinski definition) is 1. The molecule has 0 fully saturated rings. The van der Waals surface area contributed by atoms with Crippen LogP contribution < -0.4 is 5.73 Å². The number of carbonyl (C=O) groups is 1. The second-order valence-corrected chi connectivity index (χ2v) is 4.88. The SMILES string of the molecule is CC(C)C(N)C(=O)N(C)Cc1ccsc1. The lowest BCUT2D eigenvalue weighted by Crippen LogP contribution is -2.44. The highest BCUT2D eigenvalue weighted by Gasteiger charge is 2.20. The van der Waals surface area contributed by atoms with Gasteiger partial charge in [-0.25, -0.2) is 0 Å². The van der Waals surface area contributed by atoms with E-state index in [0.29, 0.717) is 6.54 Å². The van der Waals surface area contributed by atoms with Gasteiger partial charge >= 0.3 is 0 Å². The highest BCUT2D eigenvalue weighted by molar-refractivity contribution is 7.07. The molecule has 1 amide bonds. The summed E-state index contributed by atoms with van der Waals surface area (Å²) >= 11 is 1.64. The van der Waals surface area contributed by atoms with Crippen molar-refractivity contribution in [2.24, 2.45) is 11.7 Å². The van der Waals surface area contributed by atoms with Crippen molar-refractivity contribution in [3.8, 4) is 0 Å². The number of carbonyl (C=O) groups excluding carboxylic acids is 1. The number of rotatable bonds is 4. The van der Waals surface area contributed by atoms with Crippen molar-refractivity contribution in [2.45, 2.75) is 26.4 Å². The van der Waals surface area contributed by atoms with Gasteiger partial charge in [-0.1, -0.05) is 13.8 Å². The van der Waals surface area contributed by atoms with Crippen molar-refractivity contribution in [1.82, 2.24) is 4.90 Å². The number of nitrogens with zero attached hydrogens (tertiary/aromatic N) is 1. The fourth-order valence-corrected chi connectivity index (χ4v) is 1.93. The Morgan fingerprint density at radius 2 is 2.27 bits per heavy atom. The van der Waals surface area contributed by atoms with Crippen molar-refractivity contribution < 1.29 is 4.79 Å². The van der Waals surface area contributed by atoms with Crippen LogP contribution in [0.1, 0.15) is 19.4 Å². The Morgan fingerprint density at radius 1 is 1.60 bits per heavy atom. The van der Waals surface area contributed by atoms with Crippen LogP contribution in [0.15, 0.2) is 16.8 Å². The maximum absolute atomic E-state index is 11.8. The molecule has 0 aromatic carbocycles. The molecule has 0 saturated carbocycles. The smallest absolute Gasteiger partial charge is 0.239 e. The predicted octanol–water partition coefficient (Wildman–Crippen LogP) is 1.69. The molecule has 1 heterocycles. The minimum Gasteiger partial charge on any atom is -0.340 e. The summed E-state index contributed by atoms with van der Waals surface area (Å²) in [7, 11) is 1.79. The summed E-state index contributed by atoms with van der Waals surface area (Å²) in [5.74, 6) is 0.193. The van der Waals surface area contributed by atoms with E-state index in [2.05, 4.69) is 0 Å². The van der Waals surface area contributed by atoms with Crippen LogP contribution >= 0.6 is 11.3 Å². The average Bonchev–Trinajstić information content (AvgIpc) is 2.67. The molecule has 0 saturated heterocycles. The van der Waals surface area contributed by atoms with E-state index in [1.165, 1.54) is 0 Å². The van der Waals surface area contributed by atoms with E-state index >= 15 is 0 Å². The van der Waals surface area contributed by atoms with Crippen molar-refractivity contribution in [3.05, 3.63) is 22.4 Å². The zero-order valence-electron chi connectivity index (χ0n) is 9.43. The first-order chi connectivity index (χ1) is 7.02. The van der Waals surface area contributed by atoms with Crippen LogP contribution in [-0.4, -0.2) is 23.9 Å². The van der Waals surface area contributed by atoms with Crippen LogP contribution in [-0.2, 0) is 11.3 Å². The quantitative estimate of drug-likeness (QED) is 0.849. The Bertz CT molecular complexity index is 308. The molecule has 3 nitrogen and oxygen atoms in total. The van der Waals surface area contributed by atoms with Crippen LogP contribution in [0.2, 0.25) is 0 Å². The second kappa shape index (κ2) is 5.28. The summed E-state index contributed by atoms with van der Waals surface area (Å²) in [6.45, 7) is 4.56. The largest absolute Gasteiger partial charge is 0.340 e. The average molecular weight is 226 g/mol. The van der Waals surface area contributed by atoms with Gasteiger partial charge in [0.15, 0.2) is 0 Å². The highest BCUT2D eigenvalue weighted by atomic mass is 32.1. The molecule has 1 unspecified atom stereocenters. The maximum atomic E-state index is 11.8. The summed E-state index contributed by atoms with van der Waals surface area (Å²) in [5, 5.41) is 4.06. The summed E-state index contributed by atoms with van der Waals surface area (Å²) in [4.78, 5) is 13.5. The highest BCUT2D eigenvalue weighted by Crippen LogP contribution is 2.10. The minimum atomic E-state index is -0.395. The van der Waals surface area contributed by atoms with Gasteiger partial charge in [-0.3, -0.25) is 4.79 Å². The van der Waals surface area contributed by atoms with E-state index < -0.39 is 6.04 Å². The molecule has 15 heavy (non-hydrogen) atoms. The molecule has 1 aromatic rings. The molecular weight excluding hydrogens is 208 g/mol. The summed E-state index contributed by atoms with van der Waals surface area (Å²) in [6, 6.07) is 1.63. The van der Waals surface area contributed by atoms with Gasteiger partial charge in [0.25, 0.3) is 0 Å². The number of amides is 1. The summed E-state index contributed by atoms with van der Waals surface area (Å²) in [6.07, 6.45) is 0. The molecule has 1 aromatic heterocycles. The summed E-state index contributed by atoms with van der Waals surface area (Å²) in [5.41, 5.74) is 6.96. The number of likely N-dealkylation sites (N-methyl/N-ethyl adjacent to an activating group) is 1. The van der Waals surface area contributed by atoms with Crippen molar-refractivity contribution in [1.29, 1.82) is 0 Å². The molecule has 1 atom stereocenters. The summed E-state index contributed by atoms with van der Waals surface area (Å²) < 4.78 is 0. The molecule has 84 valence electrons. The van der Waals surface area contributed by atoms with Crippen LogP contribution in [0.5, 0.6) is 0 Å². The van der Waals surface area contributed by atoms with Crippen molar-refractivity contribution in [2.75, 3.05) is 7.05 Å². The Kier molecular flexibility index (Phi) is 4.29. The molecule has 0 spiro atoms. The number of hydrogen-bond acceptors (Lipinski definition) is 3. The monoisotopic (exact) mass is 226 g/mol. The van der Waals surface area contributed by atoms with Gasteiger partial charge in [0.2, 0.25) is 5.91 Å². The number of nitrogens with two attached hydrogens (primary N) is 1. The van der Waals surface area contributed by atoms with E-state index in [9.17, 15) is 4.79 Å². The first-order valence-electron chi connectivity index (χ1n) is 5.04. The van der Waals surface area contributed by atoms with E-state index in [1.54, 1.807) is 23.3 Å². The van der Waals surface area contributed by atoms with E-state index in [1.807, 2.05) is 30.7 Å². The normalized spacial score (nSPS) is 12.9. The molecule has 0 aliphatic rings.